The van der Waals surface area contributed by atoms with E-state index < -0.39 is 22.6 Å². The molecular weight excluding hydrogens is 319 g/mol. The minimum atomic E-state index is -0.903. The fraction of sp³-hybridized carbons (Fsp3) is 0.375. The highest BCUT2D eigenvalue weighted by Gasteiger charge is 2.32. The second kappa shape index (κ2) is 7.14. The second-order valence-electron chi connectivity index (χ2n) is 5.49. The Kier molecular flexibility index (Phi) is 5.43. The molecule has 2 N–H and O–H groups in total. The molecule has 23 heavy (non-hydrogen) atoms. The summed E-state index contributed by atoms with van der Waals surface area (Å²) in [5.41, 5.74) is 0.741. The van der Waals surface area contributed by atoms with E-state index >= 15 is 0 Å². The summed E-state index contributed by atoms with van der Waals surface area (Å²) >= 11 is 1.26. The number of H-pyrrole nitrogens is 1. The molecule has 7 heteroatoms. The molecule has 0 fully saturated rings. The van der Waals surface area contributed by atoms with Crippen LogP contribution in [-0.4, -0.2) is 32.4 Å². The van der Waals surface area contributed by atoms with Crippen molar-refractivity contribution in [1.82, 2.24) is 9.97 Å². The van der Waals surface area contributed by atoms with Crippen LogP contribution in [-0.2, 0) is 4.74 Å². The van der Waals surface area contributed by atoms with Crippen molar-refractivity contribution in [2.75, 3.05) is 6.61 Å². The summed E-state index contributed by atoms with van der Waals surface area (Å²) in [6.45, 7) is 5.64. The number of carbonyl (C=O) groups excluding carboxylic acids is 1. The van der Waals surface area contributed by atoms with Crippen LogP contribution in [0.3, 0.4) is 0 Å². The first-order valence-electron chi connectivity index (χ1n) is 7.18. The molecule has 0 saturated carbocycles. The number of carbonyl (C=O) groups is 1. The summed E-state index contributed by atoms with van der Waals surface area (Å²) in [5, 5.41) is 11.0. The van der Waals surface area contributed by atoms with Crippen molar-refractivity contribution in [3.63, 3.8) is 0 Å². The van der Waals surface area contributed by atoms with Crippen LogP contribution in [0.25, 0.3) is 0 Å². The number of rotatable bonds is 6. The summed E-state index contributed by atoms with van der Waals surface area (Å²) < 4.78 is 17.5. The van der Waals surface area contributed by atoms with Gasteiger partial charge in [0.2, 0.25) is 0 Å². The number of imidazole rings is 1. The molecule has 0 aliphatic carbocycles. The Bertz CT molecular complexity index is 687. The third kappa shape index (κ3) is 4.33. The number of aliphatic hydroxyl groups excluding tert-OH is 1. The van der Waals surface area contributed by atoms with E-state index in [2.05, 4.69) is 9.97 Å². The van der Waals surface area contributed by atoms with Crippen molar-refractivity contribution >= 4 is 17.7 Å². The van der Waals surface area contributed by atoms with Gasteiger partial charge < -0.3 is 14.8 Å². The number of nitrogens with zero attached hydrogens (tertiary/aromatic N) is 1. The largest absolute Gasteiger partial charge is 0.461 e. The van der Waals surface area contributed by atoms with Gasteiger partial charge in [0.1, 0.15) is 11.5 Å². The van der Waals surface area contributed by atoms with E-state index in [1.54, 1.807) is 19.1 Å². The average Bonchev–Trinajstić information content (AvgIpc) is 2.94. The maximum Gasteiger partial charge on any atom is 0.356 e. The van der Waals surface area contributed by atoms with E-state index in [-0.39, 0.29) is 12.3 Å². The quantitative estimate of drug-likeness (QED) is 0.624. The predicted molar refractivity (Wildman–Crippen MR) is 85.8 cm³/mol. The fourth-order valence-electron chi connectivity index (χ4n) is 2.05. The smallest absolute Gasteiger partial charge is 0.356 e. The molecule has 0 aliphatic heterocycles. The minimum absolute atomic E-state index is 0.255. The van der Waals surface area contributed by atoms with Crippen molar-refractivity contribution in [3.05, 3.63) is 47.5 Å². The molecule has 1 heterocycles. The van der Waals surface area contributed by atoms with E-state index in [1.165, 1.54) is 30.1 Å². The van der Waals surface area contributed by atoms with Gasteiger partial charge in [0, 0.05) is 4.75 Å². The highest BCUT2D eigenvalue weighted by molar-refractivity contribution is 8.00. The summed E-state index contributed by atoms with van der Waals surface area (Å²) in [7, 11) is 0. The zero-order chi connectivity index (χ0) is 17.0. The number of thioether (sulfide) groups is 1. The monoisotopic (exact) mass is 338 g/mol. The van der Waals surface area contributed by atoms with E-state index in [0.29, 0.717) is 10.7 Å². The Morgan fingerprint density at radius 3 is 2.91 bits per heavy atom. The van der Waals surface area contributed by atoms with Crippen LogP contribution >= 0.6 is 11.8 Å². The molecule has 1 atom stereocenters. The minimum Gasteiger partial charge on any atom is -0.461 e. The first-order chi connectivity index (χ1) is 10.8. The van der Waals surface area contributed by atoms with E-state index in [1.807, 2.05) is 13.8 Å². The Labute approximate surface area is 138 Å². The van der Waals surface area contributed by atoms with Gasteiger partial charge in [-0.3, -0.25) is 0 Å². The Morgan fingerprint density at radius 1 is 1.52 bits per heavy atom. The molecule has 0 amide bonds. The van der Waals surface area contributed by atoms with Crippen LogP contribution in [0, 0.1) is 5.82 Å². The van der Waals surface area contributed by atoms with Gasteiger partial charge in [-0.15, -0.1) is 0 Å². The van der Waals surface area contributed by atoms with Gasteiger partial charge >= 0.3 is 5.97 Å². The average molecular weight is 338 g/mol. The van der Waals surface area contributed by atoms with Crippen LogP contribution in [0.1, 0.15) is 42.9 Å². The first kappa shape index (κ1) is 17.5. The lowest BCUT2D eigenvalue weighted by Gasteiger charge is -2.29. The van der Waals surface area contributed by atoms with Gasteiger partial charge in [0.25, 0.3) is 0 Å². The molecule has 0 bridgehead atoms. The summed E-state index contributed by atoms with van der Waals surface area (Å²) in [5.74, 6) is -0.875. The van der Waals surface area contributed by atoms with E-state index in [0.717, 1.165) is 0 Å². The summed E-state index contributed by atoms with van der Waals surface area (Å²) in [6.07, 6.45) is 0.490. The van der Waals surface area contributed by atoms with Crippen molar-refractivity contribution in [3.8, 4) is 0 Å². The van der Waals surface area contributed by atoms with Gasteiger partial charge in [-0.1, -0.05) is 23.9 Å². The van der Waals surface area contributed by atoms with Crippen molar-refractivity contribution < 1.29 is 19.0 Å². The molecule has 2 aromatic rings. The number of hydrogen-bond donors (Lipinski definition) is 2. The number of aliphatic hydroxyl groups is 1. The fourth-order valence-corrected chi connectivity index (χ4v) is 3.06. The number of hydrogen-bond acceptors (Lipinski definition) is 5. The van der Waals surface area contributed by atoms with Gasteiger partial charge in [0.15, 0.2) is 5.16 Å². The van der Waals surface area contributed by atoms with Crippen molar-refractivity contribution in [2.45, 2.75) is 36.8 Å². The molecule has 0 spiro atoms. The highest BCUT2D eigenvalue weighted by Crippen LogP contribution is 2.40. The van der Waals surface area contributed by atoms with Crippen LogP contribution in [0.5, 0.6) is 0 Å². The van der Waals surface area contributed by atoms with Crippen LogP contribution in [0.15, 0.2) is 35.6 Å². The van der Waals surface area contributed by atoms with E-state index in [4.69, 9.17) is 4.74 Å². The number of aromatic amines is 1. The van der Waals surface area contributed by atoms with Gasteiger partial charge in [-0.25, -0.2) is 14.2 Å². The number of benzene rings is 1. The summed E-state index contributed by atoms with van der Waals surface area (Å²) in [6, 6.07) is 5.86. The number of ether oxygens (including phenoxy) is 1. The van der Waals surface area contributed by atoms with Gasteiger partial charge in [-0.2, -0.15) is 0 Å². The Morgan fingerprint density at radius 2 is 2.26 bits per heavy atom. The summed E-state index contributed by atoms with van der Waals surface area (Å²) in [4.78, 5) is 18.6. The second-order valence-corrected chi connectivity index (χ2v) is 7.13. The third-order valence-electron chi connectivity index (χ3n) is 3.23. The number of nitrogens with one attached hydrogen (secondary N) is 1. The zero-order valence-corrected chi connectivity index (χ0v) is 14.0. The molecule has 0 aliphatic rings. The van der Waals surface area contributed by atoms with Crippen molar-refractivity contribution in [2.24, 2.45) is 0 Å². The first-order valence-corrected chi connectivity index (χ1v) is 8.00. The Balaban J connectivity index is 2.13. The number of aromatic nitrogens is 2. The molecular formula is C16H19FN2O3S. The number of esters is 1. The molecule has 1 unspecified atom stereocenters. The number of halogens is 1. The standard InChI is InChI=1S/C16H19FN2O3S/c1-4-22-14(21)12-9-18-15(19-12)23-16(2,3)13(20)10-6-5-7-11(17)8-10/h5-9,13,20H,4H2,1-3H3,(H,18,19). The maximum absolute atomic E-state index is 13.3. The lowest BCUT2D eigenvalue weighted by Crippen LogP contribution is -2.25. The van der Waals surface area contributed by atoms with Gasteiger partial charge in [0.05, 0.1) is 18.9 Å². The topological polar surface area (TPSA) is 75.2 Å². The van der Waals surface area contributed by atoms with Crippen LogP contribution in [0.4, 0.5) is 4.39 Å². The predicted octanol–water partition coefficient (Wildman–Crippen LogP) is 3.33. The lowest BCUT2D eigenvalue weighted by atomic mass is 9.98. The SMILES string of the molecule is CCOC(=O)c1cnc(SC(C)(C)C(O)c2cccc(F)c2)[nH]1. The molecule has 0 saturated heterocycles. The van der Waals surface area contributed by atoms with E-state index in [9.17, 15) is 14.3 Å². The maximum atomic E-state index is 13.3. The molecule has 1 aromatic carbocycles. The van der Waals surface area contributed by atoms with Crippen LogP contribution in [0.2, 0.25) is 0 Å². The molecule has 5 nitrogen and oxygen atoms in total. The molecule has 1 aromatic heterocycles. The lowest BCUT2D eigenvalue weighted by molar-refractivity contribution is 0.0519. The molecule has 124 valence electrons. The highest BCUT2D eigenvalue weighted by atomic mass is 32.2. The van der Waals surface area contributed by atoms with Crippen molar-refractivity contribution in [1.29, 1.82) is 0 Å². The molecule has 2 rings (SSSR count). The Hall–Kier alpha value is -1.86. The zero-order valence-electron chi connectivity index (χ0n) is 13.2. The van der Waals surface area contributed by atoms with Crippen LogP contribution < -0.4 is 0 Å². The van der Waals surface area contributed by atoms with Gasteiger partial charge in [-0.05, 0) is 38.5 Å². The third-order valence-corrected chi connectivity index (χ3v) is 4.38. The molecule has 0 radical (unpaired) electrons. The normalized spacial score (nSPS) is 12.9.